The van der Waals surface area contributed by atoms with E-state index in [1.165, 1.54) is 52.5 Å². The zero-order valence-electron chi connectivity index (χ0n) is 35.2. The molecule has 56 heavy (non-hydrogen) atoms. The highest BCUT2D eigenvalue weighted by Crippen LogP contribution is 2.20. The standard InChI is InChI=1S/C40H60N4O12/c1-23(2)15-16-28-37(49)53-21-34(47)43(13)31(19-26(7)8)40(52)56-35(27(9)10)36(48)44(14)30(18-25(5)6)39(51)55-22-33(46)42(12)29(17-24(3)4)38(50)54-20-32(45)41(28)11/h15-19,23-28,35H,20-22H2,1-14H3/b16-15?,29-17+,30-18+,31-19+/t28?,35-/m1/s1. The highest BCUT2D eigenvalue weighted by molar-refractivity contribution is 6.00. The van der Waals surface area contributed by atoms with Gasteiger partial charge < -0.3 is 38.5 Å². The van der Waals surface area contributed by atoms with Gasteiger partial charge in [-0.25, -0.2) is 19.2 Å². The maximum Gasteiger partial charge on any atom is 0.355 e. The molecule has 0 N–H and O–H groups in total. The van der Waals surface area contributed by atoms with E-state index >= 15 is 0 Å². The van der Waals surface area contributed by atoms with Crippen LogP contribution in [-0.2, 0) is 57.3 Å². The molecule has 0 saturated carbocycles. The zero-order chi connectivity index (χ0) is 43.2. The second-order valence-electron chi connectivity index (χ2n) is 15.1. The highest BCUT2D eigenvalue weighted by Gasteiger charge is 2.36. The van der Waals surface area contributed by atoms with E-state index in [-0.39, 0.29) is 40.8 Å². The van der Waals surface area contributed by atoms with Gasteiger partial charge in [0.25, 0.3) is 23.6 Å². The lowest BCUT2D eigenvalue weighted by atomic mass is 10.0. The second kappa shape index (κ2) is 22.3. The van der Waals surface area contributed by atoms with Crippen molar-refractivity contribution in [1.29, 1.82) is 0 Å². The minimum atomic E-state index is -1.46. The van der Waals surface area contributed by atoms with E-state index in [2.05, 4.69) is 0 Å². The summed E-state index contributed by atoms with van der Waals surface area (Å²) in [5, 5.41) is 0. The summed E-state index contributed by atoms with van der Waals surface area (Å²) < 4.78 is 21.7. The predicted octanol–water partition coefficient (Wildman–Crippen LogP) is 3.23. The van der Waals surface area contributed by atoms with Crippen molar-refractivity contribution in [3.8, 4) is 0 Å². The lowest BCUT2D eigenvalue weighted by Crippen LogP contribution is -2.46. The molecule has 16 nitrogen and oxygen atoms in total. The normalized spacial score (nSPS) is 22.7. The van der Waals surface area contributed by atoms with Crippen LogP contribution in [-0.4, -0.2) is 127 Å². The molecule has 2 atom stereocenters. The summed E-state index contributed by atoms with van der Waals surface area (Å²) >= 11 is 0. The van der Waals surface area contributed by atoms with Gasteiger partial charge in [-0.3, -0.25) is 19.2 Å². The minimum Gasteiger partial charge on any atom is -0.454 e. The Balaban J connectivity index is 3.85. The Bertz CT molecular complexity index is 1600. The van der Waals surface area contributed by atoms with Crippen molar-refractivity contribution < 1.29 is 57.3 Å². The maximum absolute atomic E-state index is 13.9. The van der Waals surface area contributed by atoms with Crippen molar-refractivity contribution in [1.82, 2.24) is 19.6 Å². The van der Waals surface area contributed by atoms with Crippen molar-refractivity contribution >= 4 is 47.5 Å². The number of hydrogen-bond donors (Lipinski definition) is 0. The first-order valence-electron chi connectivity index (χ1n) is 18.5. The monoisotopic (exact) mass is 788 g/mol. The van der Waals surface area contributed by atoms with E-state index in [4.69, 9.17) is 18.9 Å². The van der Waals surface area contributed by atoms with Crippen LogP contribution in [0.3, 0.4) is 0 Å². The van der Waals surface area contributed by atoms with Gasteiger partial charge in [-0.1, -0.05) is 99.6 Å². The maximum atomic E-state index is 13.9. The molecule has 0 radical (unpaired) electrons. The van der Waals surface area contributed by atoms with Crippen molar-refractivity contribution in [3.63, 3.8) is 0 Å². The number of carbonyl (C=O) groups is 8. The van der Waals surface area contributed by atoms with Crippen LogP contribution in [0.2, 0.25) is 0 Å². The number of nitrogens with zero attached hydrogens (tertiary/aromatic N) is 4. The quantitative estimate of drug-likeness (QED) is 0.166. The van der Waals surface area contributed by atoms with Gasteiger partial charge in [0, 0.05) is 28.2 Å². The molecule has 1 fully saturated rings. The third kappa shape index (κ3) is 14.8. The van der Waals surface area contributed by atoms with Gasteiger partial charge in [0.2, 0.25) is 0 Å². The Labute approximate surface area is 330 Å². The van der Waals surface area contributed by atoms with Crippen LogP contribution in [0, 0.1) is 29.6 Å². The van der Waals surface area contributed by atoms with E-state index in [1.54, 1.807) is 61.5 Å². The molecular weight excluding hydrogens is 728 g/mol. The second-order valence-corrected chi connectivity index (χ2v) is 15.1. The van der Waals surface area contributed by atoms with Gasteiger partial charge in [0.1, 0.15) is 23.1 Å². The molecule has 1 unspecified atom stereocenters. The number of carbonyl (C=O) groups excluding carboxylic acids is 8. The SMILES string of the molecule is CC(C)C=CC1C(=O)OCC(=O)N(C)/C(=C/C(C)C)C(=O)O[C@H](C(C)C)C(=O)N(C)/C(=C/C(C)C)C(=O)OCC(=O)N(C)/C(=C/C(C)C)C(=O)OCC(=O)N1C. The topological polar surface area (TPSA) is 186 Å². The number of cyclic esters (lactones) is 4. The van der Waals surface area contributed by atoms with Gasteiger partial charge in [-0.15, -0.1) is 0 Å². The molecule has 0 aromatic heterocycles. The first kappa shape index (κ1) is 48.7. The Kier molecular flexibility index (Phi) is 19.4. The lowest BCUT2D eigenvalue weighted by Gasteiger charge is -2.29. The van der Waals surface area contributed by atoms with Crippen LogP contribution in [0.15, 0.2) is 47.5 Å². The number of ether oxygens (including phenoxy) is 4. The summed E-state index contributed by atoms with van der Waals surface area (Å²) in [4.78, 5) is 112. The molecule has 1 saturated heterocycles. The lowest BCUT2D eigenvalue weighted by molar-refractivity contribution is -0.163. The van der Waals surface area contributed by atoms with E-state index in [9.17, 15) is 38.4 Å². The molecule has 4 amide bonds. The fourth-order valence-corrected chi connectivity index (χ4v) is 4.89. The molecule has 0 aliphatic carbocycles. The number of esters is 4. The van der Waals surface area contributed by atoms with Gasteiger partial charge in [0.15, 0.2) is 25.9 Å². The fourth-order valence-electron chi connectivity index (χ4n) is 4.89. The Morgan fingerprint density at radius 2 is 0.911 bits per heavy atom. The molecule has 1 aliphatic rings. The van der Waals surface area contributed by atoms with Crippen LogP contribution in [0.4, 0.5) is 0 Å². The average Bonchev–Trinajstić information content (AvgIpc) is 3.11. The molecule has 1 rings (SSSR count). The van der Waals surface area contributed by atoms with Crippen LogP contribution >= 0.6 is 0 Å². The summed E-state index contributed by atoms with van der Waals surface area (Å²) in [6, 6.07) is -1.35. The molecule has 0 spiro atoms. The number of hydrogen-bond acceptors (Lipinski definition) is 12. The predicted molar refractivity (Wildman–Crippen MR) is 205 cm³/mol. The number of allylic oxidation sites excluding steroid dienone is 4. The summed E-state index contributed by atoms with van der Waals surface area (Å²) in [5.41, 5.74) is -0.736. The smallest absolute Gasteiger partial charge is 0.355 e. The molecule has 312 valence electrons. The van der Waals surface area contributed by atoms with Crippen molar-refractivity contribution in [2.24, 2.45) is 29.6 Å². The summed E-state index contributed by atoms with van der Waals surface area (Å²) in [7, 11) is 5.10. The summed E-state index contributed by atoms with van der Waals surface area (Å²) in [5.74, 6) is -8.93. The first-order valence-corrected chi connectivity index (χ1v) is 18.5. The van der Waals surface area contributed by atoms with Crippen LogP contribution in [0.5, 0.6) is 0 Å². The van der Waals surface area contributed by atoms with Crippen molar-refractivity contribution in [2.45, 2.75) is 81.4 Å². The molecule has 0 aromatic rings. The van der Waals surface area contributed by atoms with Crippen molar-refractivity contribution in [3.05, 3.63) is 47.5 Å². The Morgan fingerprint density at radius 1 is 0.518 bits per heavy atom. The van der Waals surface area contributed by atoms with E-state index in [0.29, 0.717) is 0 Å². The first-order chi connectivity index (χ1) is 25.9. The molecule has 0 bridgehead atoms. The third-order valence-corrected chi connectivity index (χ3v) is 8.07. The fraction of sp³-hybridized carbons (Fsp3) is 0.600. The minimum absolute atomic E-state index is 0.0512. The van der Waals surface area contributed by atoms with Crippen LogP contribution in [0.1, 0.15) is 69.2 Å². The third-order valence-electron chi connectivity index (χ3n) is 8.07. The van der Waals surface area contributed by atoms with Crippen LogP contribution in [0.25, 0.3) is 0 Å². The van der Waals surface area contributed by atoms with E-state index in [0.717, 1.165) is 19.6 Å². The zero-order valence-corrected chi connectivity index (χ0v) is 35.2. The number of amides is 4. The van der Waals surface area contributed by atoms with Crippen molar-refractivity contribution in [2.75, 3.05) is 48.0 Å². The molecule has 16 heteroatoms. The Morgan fingerprint density at radius 3 is 1.32 bits per heavy atom. The Hall–Kier alpha value is -5.28. The van der Waals surface area contributed by atoms with Gasteiger partial charge in [-0.05, 0) is 29.6 Å². The largest absolute Gasteiger partial charge is 0.454 e. The summed E-state index contributed by atoms with van der Waals surface area (Å²) in [6.45, 7) is 14.9. The molecule has 1 heterocycles. The van der Waals surface area contributed by atoms with E-state index in [1.807, 2.05) is 13.8 Å². The number of rotatable bonds is 6. The molecule has 1 aliphatic heterocycles. The van der Waals surface area contributed by atoms with Gasteiger partial charge >= 0.3 is 23.9 Å². The average molecular weight is 789 g/mol. The number of likely N-dealkylation sites (N-methyl/N-ethyl adjacent to an activating group) is 4. The van der Waals surface area contributed by atoms with Gasteiger partial charge in [0.05, 0.1) is 0 Å². The van der Waals surface area contributed by atoms with Crippen LogP contribution < -0.4 is 0 Å². The van der Waals surface area contributed by atoms with Gasteiger partial charge in [-0.2, -0.15) is 0 Å². The summed E-state index contributed by atoms with van der Waals surface area (Å²) in [6.07, 6.45) is 5.90. The van der Waals surface area contributed by atoms with E-state index < -0.39 is 85.4 Å². The highest BCUT2D eigenvalue weighted by atomic mass is 16.6. The molecule has 0 aromatic carbocycles. The molecular formula is C40H60N4O12.